The molecular weight excluding hydrogens is 440 g/mol. The molecule has 2 heterocycles. The molecule has 1 saturated heterocycles. The molecule has 0 radical (unpaired) electrons. The highest BCUT2D eigenvalue weighted by molar-refractivity contribution is 5.89. The molecule has 0 spiro atoms. The van der Waals surface area contributed by atoms with Gasteiger partial charge in [0, 0.05) is 23.8 Å². The molecule has 1 aliphatic heterocycles. The third kappa shape index (κ3) is 4.08. The van der Waals surface area contributed by atoms with Gasteiger partial charge in [0.15, 0.2) is 0 Å². The molecule has 1 aromatic heterocycles. The lowest BCUT2D eigenvalue weighted by molar-refractivity contribution is -0.277. The molecule has 11 heteroatoms. The summed E-state index contributed by atoms with van der Waals surface area (Å²) >= 11 is 0. The third-order valence-corrected chi connectivity index (χ3v) is 5.41. The number of aromatic hydroxyl groups is 2. The molecule has 33 heavy (non-hydrogen) atoms. The van der Waals surface area contributed by atoms with Crippen LogP contribution in [0.4, 0.5) is 0 Å². The van der Waals surface area contributed by atoms with E-state index in [2.05, 4.69) is 0 Å². The van der Waals surface area contributed by atoms with Crippen LogP contribution in [0.2, 0.25) is 0 Å². The molecule has 11 nitrogen and oxygen atoms in total. The number of aliphatic hydroxyl groups excluding tert-OH is 4. The summed E-state index contributed by atoms with van der Waals surface area (Å²) in [4.78, 5) is 13.1. The van der Waals surface area contributed by atoms with Crippen molar-refractivity contribution >= 4 is 11.0 Å². The highest BCUT2D eigenvalue weighted by Crippen LogP contribution is 2.35. The van der Waals surface area contributed by atoms with Crippen molar-refractivity contribution in [3.8, 4) is 34.1 Å². The van der Waals surface area contributed by atoms with Crippen molar-refractivity contribution in [3.63, 3.8) is 0 Å². The molecule has 0 aliphatic carbocycles. The molecule has 2 aromatic carbocycles. The van der Waals surface area contributed by atoms with E-state index in [9.17, 15) is 35.4 Å². The molecule has 1 fully saturated rings. The maximum atomic E-state index is 13.1. The summed E-state index contributed by atoms with van der Waals surface area (Å²) in [5.41, 5.74) is -0.279. The molecule has 5 unspecified atom stereocenters. The number of hydrogen-bond donors (Lipinski definition) is 6. The number of rotatable bonds is 5. The van der Waals surface area contributed by atoms with Gasteiger partial charge >= 0.3 is 0 Å². The number of benzene rings is 2. The largest absolute Gasteiger partial charge is 0.508 e. The van der Waals surface area contributed by atoms with Crippen LogP contribution in [0.5, 0.6) is 23.0 Å². The van der Waals surface area contributed by atoms with E-state index in [0.717, 1.165) is 12.3 Å². The van der Waals surface area contributed by atoms with Crippen molar-refractivity contribution in [2.45, 2.75) is 30.7 Å². The number of aliphatic hydroxyl groups is 4. The van der Waals surface area contributed by atoms with Gasteiger partial charge in [-0.05, 0) is 12.1 Å². The topological polar surface area (TPSA) is 179 Å². The highest BCUT2D eigenvalue weighted by atomic mass is 16.7. The van der Waals surface area contributed by atoms with Gasteiger partial charge < -0.3 is 49.3 Å². The molecule has 3 aromatic rings. The number of phenolic OH excluding ortho intramolecular Hbond substituents is 2. The first-order valence-corrected chi connectivity index (χ1v) is 9.88. The van der Waals surface area contributed by atoms with Gasteiger partial charge in [-0.15, -0.1) is 0 Å². The fraction of sp³-hybridized carbons (Fsp3) is 0.318. The van der Waals surface area contributed by atoms with Crippen LogP contribution in [0.3, 0.4) is 0 Å². The Morgan fingerprint density at radius 3 is 2.42 bits per heavy atom. The van der Waals surface area contributed by atoms with Crippen LogP contribution in [0.15, 0.2) is 45.8 Å². The Labute approximate surface area is 186 Å². The van der Waals surface area contributed by atoms with Gasteiger partial charge in [0.25, 0.3) is 0 Å². The predicted octanol–water partition coefficient (Wildman–Crippen LogP) is 0.0585. The number of fused-ring (bicyclic) bond motifs is 1. The minimum absolute atomic E-state index is 0.0170. The number of ether oxygens (including phenoxy) is 3. The first-order valence-electron chi connectivity index (χ1n) is 9.88. The lowest BCUT2D eigenvalue weighted by atomic mass is 9.99. The summed E-state index contributed by atoms with van der Waals surface area (Å²) in [5, 5.41) is 59.5. The van der Waals surface area contributed by atoms with Crippen LogP contribution in [0.25, 0.3) is 22.1 Å². The van der Waals surface area contributed by atoms with E-state index in [0.29, 0.717) is 0 Å². The van der Waals surface area contributed by atoms with Crippen LogP contribution in [0.1, 0.15) is 0 Å². The number of hydrogen-bond acceptors (Lipinski definition) is 11. The second kappa shape index (κ2) is 8.89. The molecule has 0 saturated carbocycles. The average molecular weight is 462 g/mol. The molecule has 1 aliphatic rings. The van der Waals surface area contributed by atoms with E-state index in [1.54, 1.807) is 0 Å². The second-order valence-electron chi connectivity index (χ2n) is 7.49. The summed E-state index contributed by atoms with van der Waals surface area (Å²) in [7, 11) is 1.34. The monoisotopic (exact) mass is 462 g/mol. The Balaban J connectivity index is 1.66. The quantitative estimate of drug-likeness (QED) is 0.302. The second-order valence-corrected chi connectivity index (χ2v) is 7.49. The van der Waals surface area contributed by atoms with Crippen LogP contribution < -0.4 is 14.9 Å². The van der Waals surface area contributed by atoms with Gasteiger partial charge in [0.2, 0.25) is 11.7 Å². The molecular formula is C22H22O11. The number of phenols is 2. The summed E-state index contributed by atoms with van der Waals surface area (Å²) < 4.78 is 21.4. The lowest BCUT2D eigenvalue weighted by Gasteiger charge is -2.39. The fourth-order valence-corrected chi connectivity index (χ4v) is 3.66. The van der Waals surface area contributed by atoms with Crippen LogP contribution >= 0.6 is 0 Å². The van der Waals surface area contributed by atoms with E-state index >= 15 is 0 Å². The predicted molar refractivity (Wildman–Crippen MR) is 112 cm³/mol. The minimum atomic E-state index is -1.62. The smallest absolute Gasteiger partial charge is 0.229 e. The van der Waals surface area contributed by atoms with Gasteiger partial charge in [-0.3, -0.25) is 4.79 Å². The van der Waals surface area contributed by atoms with E-state index in [-0.39, 0.29) is 45.1 Å². The Bertz CT molecular complexity index is 1220. The Kier molecular flexibility index (Phi) is 6.15. The molecule has 176 valence electrons. The maximum absolute atomic E-state index is 13.1. The van der Waals surface area contributed by atoms with Crippen LogP contribution in [0, 0.1) is 0 Å². The van der Waals surface area contributed by atoms with Crippen LogP contribution in [-0.2, 0) is 4.74 Å². The van der Waals surface area contributed by atoms with Crippen molar-refractivity contribution in [3.05, 3.63) is 46.8 Å². The Morgan fingerprint density at radius 1 is 1.00 bits per heavy atom. The highest BCUT2D eigenvalue weighted by Gasteiger charge is 2.44. The third-order valence-electron chi connectivity index (χ3n) is 5.41. The standard InChI is InChI=1S/C22H22O11/c1-30-14-4-9(24)5-15-17(14)18(26)12(8-31-15)11-3-2-10(6-13(11)25)32-22-21(29)20(28)19(27)16(7-23)33-22/h2-6,8,16,19-25,27-29H,7H2,1H3. The Hall–Kier alpha value is -3.35. The van der Waals surface area contributed by atoms with Crippen molar-refractivity contribution < 1.29 is 49.3 Å². The van der Waals surface area contributed by atoms with Gasteiger partial charge in [-0.1, -0.05) is 0 Å². The molecule has 4 rings (SSSR count). The van der Waals surface area contributed by atoms with E-state index < -0.39 is 42.7 Å². The lowest BCUT2D eigenvalue weighted by Crippen LogP contribution is -2.60. The van der Waals surface area contributed by atoms with Gasteiger partial charge in [-0.25, -0.2) is 0 Å². The summed E-state index contributed by atoms with van der Waals surface area (Å²) in [6.07, 6.45) is -6.24. The maximum Gasteiger partial charge on any atom is 0.229 e. The van der Waals surface area contributed by atoms with Crippen molar-refractivity contribution in [1.29, 1.82) is 0 Å². The molecule has 0 amide bonds. The summed E-state index contributed by atoms with van der Waals surface area (Å²) in [6.45, 7) is -0.617. The first-order chi connectivity index (χ1) is 15.7. The Morgan fingerprint density at radius 2 is 1.76 bits per heavy atom. The van der Waals surface area contributed by atoms with Gasteiger partial charge in [0.05, 0.1) is 19.3 Å². The SMILES string of the molecule is COc1cc(O)cc2occ(-c3ccc(OC4OC(CO)C(O)C(O)C4O)cc3O)c(=O)c12. The van der Waals surface area contributed by atoms with Crippen molar-refractivity contribution in [2.75, 3.05) is 13.7 Å². The van der Waals surface area contributed by atoms with Crippen molar-refractivity contribution in [1.82, 2.24) is 0 Å². The first kappa shape index (κ1) is 22.8. The van der Waals surface area contributed by atoms with Crippen molar-refractivity contribution in [2.24, 2.45) is 0 Å². The average Bonchev–Trinajstić information content (AvgIpc) is 2.79. The molecule has 5 atom stereocenters. The minimum Gasteiger partial charge on any atom is -0.508 e. The van der Waals surface area contributed by atoms with E-state index in [4.69, 9.17) is 18.6 Å². The van der Waals surface area contributed by atoms with E-state index in [1.165, 1.54) is 31.4 Å². The summed E-state index contributed by atoms with van der Waals surface area (Å²) in [6, 6.07) is 6.45. The zero-order valence-electron chi connectivity index (χ0n) is 17.3. The summed E-state index contributed by atoms with van der Waals surface area (Å²) in [5.74, 6) is -0.384. The fourth-order valence-electron chi connectivity index (χ4n) is 3.66. The number of methoxy groups -OCH3 is 1. The molecule has 0 bridgehead atoms. The van der Waals surface area contributed by atoms with Gasteiger partial charge in [-0.2, -0.15) is 0 Å². The van der Waals surface area contributed by atoms with Gasteiger partial charge in [0.1, 0.15) is 64.6 Å². The normalized spacial score (nSPS) is 25.2. The van der Waals surface area contributed by atoms with Crippen LogP contribution in [-0.4, -0.2) is 75.1 Å². The molecule has 6 N–H and O–H groups in total. The zero-order chi connectivity index (χ0) is 23.9. The van der Waals surface area contributed by atoms with E-state index in [1.807, 2.05) is 0 Å². The zero-order valence-corrected chi connectivity index (χ0v) is 17.3.